The highest BCUT2D eigenvalue weighted by molar-refractivity contribution is 8.00. The second-order valence-electron chi connectivity index (χ2n) is 10.2. The van der Waals surface area contributed by atoms with Crippen molar-refractivity contribution in [2.24, 2.45) is 5.92 Å². The fourth-order valence-corrected chi connectivity index (χ4v) is 8.57. The van der Waals surface area contributed by atoms with Gasteiger partial charge >= 0.3 is 4.87 Å². The molecule has 10 heteroatoms. The molecule has 3 atom stereocenters. The molecule has 3 aromatic carbocycles. The van der Waals surface area contributed by atoms with E-state index in [0.29, 0.717) is 21.3 Å². The topological polar surface area (TPSA) is 91.7 Å². The van der Waals surface area contributed by atoms with E-state index in [1.54, 1.807) is 36.4 Å². The summed E-state index contributed by atoms with van der Waals surface area (Å²) in [7, 11) is 0. The van der Waals surface area contributed by atoms with Gasteiger partial charge in [-0.3, -0.25) is 23.7 Å². The van der Waals surface area contributed by atoms with Crippen molar-refractivity contribution in [2.75, 3.05) is 28.2 Å². The van der Waals surface area contributed by atoms with Crippen molar-refractivity contribution in [3.05, 3.63) is 105 Å². The van der Waals surface area contributed by atoms with Gasteiger partial charge in [0.15, 0.2) is 0 Å². The van der Waals surface area contributed by atoms with E-state index in [9.17, 15) is 19.2 Å². The number of fused-ring (bicyclic) bond motifs is 2. The molecule has 214 valence electrons. The fraction of sp³-hybridized carbons (Fsp3) is 0.250. The molecular formula is C32H30N4O4S2. The number of carbonyl (C=O) groups is 3. The first-order valence-electron chi connectivity index (χ1n) is 13.9. The number of nitrogens with zero attached hydrogens (tertiary/aromatic N) is 3. The third kappa shape index (κ3) is 4.94. The monoisotopic (exact) mass is 598 g/mol. The average Bonchev–Trinajstić information content (AvgIpc) is 3.45. The Morgan fingerprint density at radius 1 is 0.857 bits per heavy atom. The molecule has 8 nitrogen and oxygen atoms in total. The number of hydrogen-bond acceptors (Lipinski definition) is 7. The molecule has 1 fully saturated rings. The minimum atomic E-state index is -0.727. The summed E-state index contributed by atoms with van der Waals surface area (Å²) in [6, 6.07) is 26.1. The molecule has 0 aliphatic carbocycles. The molecule has 0 bridgehead atoms. The molecule has 0 radical (unpaired) electrons. The Morgan fingerprint density at radius 3 is 2.14 bits per heavy atom. The van der Waals surface area contributed by atoms with Crippen molar-refractivity contribution in [1.82, 2.24) is 4.57 Å². The van der Waals surface area contributed by atoms with Gasteiger partial charge in [-0.05, 0) is 55.8 Å². The van der Waals surface area contributed by atoms with Crippen LogP contribution >= 0.6 is 23.1 Å². The second-order valence-corrected chi connectivity index (χ2v) is 12.3. The highest BCUT2D eigenvalue weighted by Gasteiger charge is 2.56. The Hall–Kier alpha value is -4.15. The van der Waals surface area contributed by atoms with Crippen LogP contribution in [0, 0.1) is 5.92 Å². The molecular weight excluding hydrogens is 569 g/mol. The van der Waals surface area contributed by atoms with Gasteiger partial charge in [-0.2, -0.15) is 0 Å². The molecule has 2 unspecified atom stereocenters. The number of thioether (sulfide) groups is 1. The first-order valence-corrected chi connectivity index (χ1v) is 15.6. The van der Waals surface area contributed by atoms with E-state index in [-0.39, 0.29) is 29.1 Å². The lowest BCUT2D eigenvalue weighted by Crippen LogP contribution is -2.33. The van der Waals surface area contributed by atoms with E-state index in [2.05, 4.69) is 24.1 Å². The summed E-state index contributed by atoms with van der Waals surface area (Å²) < 4.78 is 1.44. The van der Waals surface area contributed by atoms with Gasteiger partial charge in [0.25, 0.3) is 0 Å². The highest BCUT2D eigenvalue weighted by Crippen LogP contribution is 2.54. The standard InChI is InChI=1S/C32H30N4O4S2/c1-3-34(4-2)22-17-15-20(16-18-22)25-26-27(30(39)36(29(26)38)23-13-9-6-10-14-23)41-31-28(25)42-32(40)35(31)19-24(37)33-21-11-7-5-8-12-21/h5-18,25-27H,3-4,19H2,1-2H3,(H,33,37)/t25-,26?,27?/m1/s1. The minimum Gasteiger partial charge on any atom is -0.372 e. The number of thiazole rings is 1. The van der Waals surface area contributed by atoms with Crippen molar-refractivity contribution in [3.8, 4) is 0 Å². The molecule has 2 aliphatic rings. The summed E-state index contributed by atoms with van der Waals surface area (Å²) in [5.74, 6) is -2.11. The number of carbonyl (C=O) groups excluding carboxylic acids is 3. The predicted molar refractivity (Wildman–Crippen MR) is 168 cm³/mol. The Morgan fingerprint density at radius 2 is 1.50 bits per heavy atom. The van der Waals surface area contributed by atoms with E-state index < -0.39 is 17.1 Å². The average molecular weight is 599 g/mol. The lowest BCUT2D eigenvalue weighted by atomic mass is 9.83. The van der Waals surface area contributed by atoms with Crippen molar-refractivity contribution in [3.63, 3.8) is 0 Å². The van der Waals surface area contributed by atoms with Gasteiger partial charge in [0.2, 0.25) is 17.7 Å². The van der Waals surface area contributed by atoms with Crippen LogP contribution in [0.2, 0.25) is 0 Å². The first kappa shape index (κ1) is 28.0. The largest absolute Gasteiger partial charge is 0.372 e. The zero-order chi connectivity index (χ0) is 29.4. The number of hydrogen-bond donors (Lipinski definition) is 1. The number of para-hydroxylation sites is 2. The molecule has 4 aromatic rings. The first-order chi connectivity index (χ1) is 20.4. The maximum Gasteiger partial charge on any atom is 0.308 e. The van der Waals surface area contributed by atoms with Crippen LogP contribution in [0.25, 0.3) is 0 Å². The summed E-state index contributed by atoms with van der Waals surface area (Å²) >= 11 is 2.27. The highest BCUT2D eigenvalue weighted by atomic mass is 32.2. The molecule has 1 aromatic heterocycles. The zero-order valence-corrected chi connectivity index (χ0v) is 24.9. The van der Waals surface area contributed by atoms with Gasteiger partial charge in [-0.15, -0.1) is 0 Å². The van der Waals surface area contributed by atoms with Crippen LogP contribution in [-0.4, -0.2) is 40.6 Å². The van der Waals surface area contributed by atoms with Gasteiger partial charge in [0.05, 0.1) is 16.6 Å². The summed E-state index contributed by atoms with van der Waals surface area (Å²) in [6.07, 6.45) is 0. The molecule has 3 amide bonds. The van der Waals surface area contributed by atoms with Gasteiger partial charge < -0.3 is 10.2 Å². The normalized spacial score (nSPS) is 19.4. The van der Waals surface area contributed by atoms with Crippen molar-refractivity contribution in [1.29, 1.82) is 0 Å². The zero-order valence-electron chi connectivity index (χ0n) is 23.2. The molecule has 1 N–H and O–H groups in total. The van der Waals surface area contributed by atoms with Crippen molar-refractivity contribution < 1.29 is 14.4 Å². The van der Waals surface area contributed by atoms with Crippen LogP contribution in [-0.2, 0) is 20.9 Å². The SMILES string of the molecule is CCN(CC)c1ccc([C@H]2c3sc(=O)n(CC(=O)Nc4ccccc4)c3SC3C(=O)N(c4ccccc4)C(=O)C32)cc1. The maximum absolute atomic E-state index is 14.0. The van der Waals surface area contributed by atoms with Crippen LogP contribution in [0.5, 0.6) is 0 Å². The molecule has 6 rings (SSSR count). The number of anilines is 3. The molecule has 3 heterocycles. The number of imide groups is 1. The summed E-state index contributed by atoms with van der Waals surface area (Å²) in [5.41, 5.74) is 3.09. The number of nitrogens with one attached hydrogen (secondary N) is 1. The fourth-order valence-electron chi connectivity index (χ4n) is 5.79. The number of amides is 3. The Labute approximate surface area is 252 Å². The minimum absolute atomic E-state index is 0.192. The van der Waals surface area contributed by atoms with E-state index in [4.69, 9.17) is 0 Å². The number of benzene rings is 3. The summed E-state index contributed by atoms with van der Waals surface area (Å²) in [6.45, 7) is 5.73. The maximum atomic E-state index is 14.0. The van der Waals surface area contributed by atoms with Crippen LogP contribution in [0.4, 0.5) is 17.1 Å². The van der Waals surface area contributed by atoms with Crippen molar-refractivity contribution in [2.45, 2.75) is 36.6 Å². The van der Waals surface area contributed by atoms with Crippen LogP contribution in [0.15, 0.2) is 94.7 Å². The van der Waals surface area contributed by atoms with Gasteiger partial charge in [-0.1, -0.05) is 71.6 Å². The quantitative estimate of drug-likeness (QED) is 0.281. The Kier molecular flexibility index (Phi) is 7.74. The Bertz CT molecular complexity index is 1680. The summed E-state index contributed by atoms with van der Waals surface area (Å²) in [4.78, 5) is 58.2. The lowest BCUT2D eigenvalue weighted by Gasteiger charge is -2.31. The number of aromatic nitrogens is 1. The van der Waals surface area contributed by atoms with E-state index in [1.165, 1.54) is 21.2 Å². The smallest absolute Gasteiger partial charge is 0.308 e. The molecule has 2 aliphatic heterocycles. The van der Waals surface area contributed by atoms with E-state index in [1.807, 2.05) is 48.5 Å². The van der Waals surface area contributed by atoms with Crippen molar-refractivity contribution >= 4 is 57.9 Å². The molecule has 0 spiro atoms. The Balaban J connectivity index is 1.42. The number of rotatable bonds is 8. The van der Waals surface area contributed by atoms with Gasteiger partial charge in [0, 0.05) is 35.3 Å². The van der Waals surface area contributed by atoms with Crippen LogP contribution < -0.4 is 20.0 Å². The molecule has 42 heavy (non-hydrogen) atoms. The van der Waals surface area contributed by atoms with E-state index in [0.717, 1.165) is 35.7 Å². The molecule has 0 saturated carbocycles. The van der Waals surface area contributed by atoms with Crippen LogP contribution in [0.1, 0.15) is 30.2 Å². The van der Waals surface area contributed by atoms with Gasteiger partial charge in [-0.25, -0.2) is 4.90 Å². The summed E-state index contributed by atoms with van der Waals surface area (Å²) in [5, 5.41) is 2.68. The second kappa shape index (κ2) is 11.6. The molecule has 1 saturated heterocycles. The predicted octanol–water partition coefficient (Wildman–Crippen LogP) is 5.19. The van der Waals surface area contributed by atoms with Gasteiger partial charge in [0.1, 0.15) is 11.8 Å². The lowest BCUT2D eigenvalue weighted by molar-refractivity contribution is -0.122. The third-order valence-electron chi connectivity index (χ3n) is 7.80. The van der Waals surface area contributed by atoms with E-state index >= 15 is 0 Å². The van der Waals surface area contributed by atoms with Crippen LogP contribution in [0.3, 0.4) is 0 Å². The third-order valence-corrected chi connectivity index (χ3v) is 10.4.